The summed E-state index contributed by atoms with van der Waals surface area (Å²) in [4.78, 5) is 7.87. The first-order chi connectivity index (χ1) is 11.0. The Labute approximate surface area is 145 Å². The van der Waals surface area contributed by atoms with Gasteiger partial charge in [0.1, 0.15) is 12.4 Å². The molecule has 0 atom stereocenters. The summed E-state index contributed by atoms with van der Waals surface area (Å²) in [5.74, 6) is 2.49. The molecule has 0 saturated heterocycles. The van der Waals surface area contributed by atoms with Gasteiger partial charge in [0.25, 0.3) is 0 Å². The highest BCUT2D eigenvalue weighted by molar-refractivity contribution is 7.16. The first-order valence-corrected chi connectivity index (χ1v) is 8.40. The molecule has 23 heavy (non-hydrogen) atoms. The maximum Gasteiger partial charge on any atom is 0.194 e. The van der Waals surface area contributed by atoms with Gasteiger partial charge >= 0.3 is 0 Å². The lowest BCUT2D eigenvalue weighted by atomic mass is 10.4. The van der Waals surface area contributed by atoms with E-state index in [0.29, 0.717) is 13.1 Å². The summed E-state index contributed by atoms with van der Waals surface area (Å²) in [5, 5.41) is 11.5. The van der Waals surface area contributed by atoms with Gasteiger partial charge in [0, 0.05) is 25.5 Å². The van der Waals surface area contributed by atoms with E-state index in [1.807, 2.05) is 37.7 Å². The van der Waals surface area contributed by atoms with E-state index < -0.39 is 0 Å². The molecule has 0 saturated carbocycles. The predicted octanol–water partition coefficient (Wildman–Crippen LogP) is 2.60. The van der Waals surface area contributed by atoms with Crippen LogP contribution in [0.1, 0.15) is 16.5 Å². The second-order valence-electron chi connectivity index (χ2n) is 5.09. The zero-order chi connectivity index (χ0) is 16.8. The van der Waals surface area contributed by atoms with Crippen LogP contribution >= 0.6 is 22.9 Å². The number of hydrogen-bond donors (Lipinski definition) is 1. The molecule has 0 aliphatic rings. The Morgan fingerprint density at radius 3 is 2.87 bits per heavy atom. The molecule has 0 unspecified atom stereocenters. The predicted molar refractivity (Wildman–Crippen MR) is 95.9 cm³/mol. The molecule has 0 aliphatic carbocycles. The van der Waals surface area contributed by atoms with Gasteiger partial charge < -0.3 is 14.8 Å². The van der Waals surface area contributed by atoms with Crippen LogP contribution in [-0.4, -0.2) is 39.2 Å². The van der Waals surface area contributed by atoms with Crippen LogP contribution in [0.25, 0.3) is 0 Å². The lowest BCUT2D eigenvalue weighted by molar-refractivity contribution is 0.482. The highest BCUT2D eigenvalue weighted by Crippen LogP contribution is 2.22. The van der Waals surface area contributed by atoms with E-state index >= 15 is 0 Å². The SMILES string of the molecule is C=CCNC(=NCc1nnc(C)n1C)N(C)Cc1ccc(Cl)s1. The van der Waals surface area contributed by atoms with Crippen molar-refractivity contribution >= 4 is 28.9 Å². The number of rotatable bonds is 6. The summed E-state index contributed by atoms with van der Waals surface area (Å²) in [6.07, 6.45) is 1.80. The average molecular weight is 353 g/mol. The van der Waals surface area contributed by atoms with Gasteiger partial charge in [0.05, 0.1) is 10.9 Å². The van der Waals surface area contributed by atoms with Crippen molar-refractivity contribution in [3.63, 3.8) is 0 Å². The van der Waals surface area contributed by atoms with Gasteiger partial charge in [-0.3, -0.25) is 0 Å². The Bertz CT molecular complexity index is 690. The van der Waals surface area contributed by atoms with Crippen molar-refractivity contribution in [1.82, 2.24) is 25.0 Å². The third-order valence-corrected chi connectivity index (χ3v) is 4.56. The Hall–Kier alpha value is -1.86. The van der Waals surface area contributed by atoms with Crippen molar-refractivity contribution in [3.8, 4) is 0 Å². The van der Waals surface area contributed by atoms with E-state index in [9.17, 15) is 0 Å². The van der Waals surface area contributed by atoms with Crippen molar-refractivity contribution in [1.29, 1.82) is 0 Å². The fourth-order valence-electron chi connectivity index (χ4n) is 1.95. The van der Waals surface area contributed by atoms with E-state index in [1.165, 1.54) is 4.88 Å². The molecule has 2 aromatic heterocycles. The molecule has 0 spiro atoms. The number of aromatic nitrogens is 3. The summed E-state index contributed by atoms with van der Waals surface area (Å²) < 4.78 is 2.73. The average Bonchev–Trinajstić information content (AvgIpc) is 3.07. The number of aliphatic imine (C=N–C) groups is 1. The number of nitrogens with zero attached hydrogens (tertiary/aromatic N) is 5. The topological polar surface area (TPSA) is 58.3 Å². The Morgan fingerprint density at radius 1 is 1.52 bits per heavy atom. The van der Waals surface area contributed by atoms with Crippen LogP contribution in [0.5, 0.6) is 0 Å². The summed E-state index contributed by atoms with van der Waals surface area (Å²) in [7, 11) is 3.93. The van der Waals surface area contributed by atoms with E-state index in [4.69, 9.17) is 11.6 Å². The van der Waals surface area contributed by atoms with Gasteiger partial charge in [-0.05, 0) is 19.1 Å². The number of thiophene rings is 1. The molecule has 1 N–H and O–H groups in total. The molecular weight excluding hydrogens is 332 g/mol. The van der Waals surface area contributed by atoms with E-state index in [2.05, 4.69) is 32.0 Å². The van der Waals surface area contributed by atoms with Crippen LogP contribution in [0, 0.1) is 6.92 Å². The van der Waals surface area contributed by atoms with Crippen LogP contribution < -0.4 is 5.32 Å². The van der Waals surface area contributed by atoms with E-state index in [-0.39, 0.29) is 0 Å². The van der Waals surface area contributed by atoms with Crippen molar-refractivity contribution < 1.29 is 0 Å². The normalized spacial score (nSPS) is 11.6. The van der Waals surface area contributed by atoms with Crippen molar-refractivity contribution in [2.24, 2.45) is 12.0 Å². The van der Waals surface area contributed by atoms with Gasteiger partial charge in [-0.25, -0.2) is 4.99 Å². The quantitative estimate of drug-likeness (QED) is 0.493. The fraction of sp³-hybridized carbons (Fsp3) is 0.400. The summed E-state index contributed by atoms with van der Waals surface area (Å²) in [6, 6.07) is 3.94. The summed E-state index contributed by atoms with van der Waals surface area (Å²) in [6.45, 7) is 7.50. The zero-order valence-corrected chi connectivity index (χ0v) is 15.2. The molecule has 0 amide bonds. The Morgan fingerprint density at radius 2 is 2.30 bits per heavy atom. The summed E-state index contributed by atoms with van der Waals surface area (Å²) >= 11 is 7.56. The molecule has 6 nitrogen and oxygen atoms in total. The molecular formula is C15H21ClN6S. The molecule has 0 aliphatic heterocycles. The third kappa shape index (κ3) is 4.80. The monoisotopic (exact) mass is 352 g/mol. The van der Waals surface area contributed by atoms with E-state index in [0.717, 1.165) is 28.5 Å². The largest absolute Gasteiger partial charge is 0.353 e. The van der Waals surface area contributed by atoms with Crippen molar-refractivity contribution in [2.45, 2.75) is 20.0 Å². The van der Waals surface area contributed by atoms with Gasteiger partial charge in [-0.2, -0.15) is 0 Å². The third-order valence-electron chi connectivity index (χ3n) is 3.34. The zero-order valence-electron chi connectivity index (χ0n) is 13.6. The highest BCUT2D eigenvalue weighted by Gasteiger charge is 2.10. The minimum absolute atomic E-state index is 0.465. The van der Waals surface area contributed by atoms with E-state index in [1.54, 1.807) is 17.4 Å². The first kappa shape index (κ1) is 17.5. The highest BCUT2D eigenvalue weighted by atomic mass is 35.5. The maximum atomic E-state index is 5.99. The molecule has 124 valence electrons. The molecule has 0 fully saturated rings. The lowest BCUT2D eigenvalue weighted by Crippen LogP contribution is -2.38. The van der Waals surface area contributed by atoms with Gasteiger partial charge in [-0.15, -0.1) is 28.1 Å². The van der Waals surface area contributed by atoms with Crippen molar-refractivity contribution in [3.05, 3.63) is 45.6 Å². The minimum Gasteiger partial charge on any atom is -0.353 e. The Balaban J connectivity index is 2.09. The Kier molecular flexibility index (Phi) is 6.18. The second-order valence-corrected chi connectivity index (χ2v) is 6.89. The van der Waals surface area contributed by atoms with Crippen molar-refractivity contribution in [2.75, 3.05) is 13.6 Å². The number of aryl methyl sites for hydroxylation is 1. The molecule has 8 heteroatoms. The number of nitrogens with one attached hydrogen (secondary N) is 1. The minimum atomic E-state index is 0.465. The first-order valence-electron chi connectivity index (χ1n) is 7.20. The second kappa shape index (κ2) is 8.12. The summed E-state index contributed by atoms with van der Waals surface area (Å²) in [5.41, 5.74) is 0. The van der Waals surface area contributed by atoms with Crippen LogP contribution in [0.3, 0.4) is 0 Å². The van der Waals surface area contributed by atoms with Crippen LogP contribution in [0.4, 0.5) is 0 Å². The molecule has 2 aromatic rings. The van der Waals surface area contributed by atoms with Gasteiger partial charge in [0.2, 0.25) is 0 Å². The standard InChI is InChI=1S/C15H21ClN6S/c1-5-8-17-15(18-9-14-20-19-11(2)22(14)4)21(3)10-12-6-7-13(16)23-12/h5-7H,1,8-10H2,2-4H3,(H,17,18). The molecule has 0 radical (unpaired) electrons. The van der Waals surface area contributed by atoms with Crippen LogP contribution in [0.15, 0.2) is 29.8 Å². The lowest BCUT2D eigenvalue weighted by Gasteiger charge is -2.21. The maximum absolute atomic E-state index is 5.99. The van der Waals surface area contributed by atoms with Crippen LogP contribution in [0.2, 0.25) is 4.34 Å². The van der Waals surface area contributed by atoms with Gasteiger partial charge in [0.15, 0.2) is 11.8 Å². The number of hydrogen-bond acceptors (Lipinski definition) is 4. The number of halogens is 1. The fourth-order valence-corrected chi connectivity index (χ4v) is 3.10. The molecule has 0 aromatic carbocycles. The molecule has 2 heterocycles. The van der Waals surface area contributed by atoms with Crippen LogP contribution in [-0.2, 0) is 20.1 Å². The molecule has 2 rings (SSSR count). The number of guanidine groups is 1. The smallest absolute Gasteiger partial charge is 0.194 e. The van der Waals surface area contributed by atoms with Gasteiger partial charge in [-0.1, -0.05) is 17.7 Å². The molecule has 0 bridgehead atoms.